The Kier molecular flexibility index (Phi) is 4.36. The van der Waals surface area contributed by atoms with Crippen LogP contribution in [0.25, 0.3) is 0 Å². The van der Waals surface area contributed by atoms with Crippen LogP contribution in [0.2, 0.25) is 0 Å². The summed E-state index contributed by atoms with van der Waals surface area (Å²) in [4.78, 5) is 16.2. The Morgan fingerprint density at radius 2 is 2.50 bits per heavy atom. The third kappa shape index (κ3) is 2.90. The van der Waals surface area contributed by atoms with Crippen LogP contribution < -0.4 is 10.9 Å². The summed E-state index contributed by atoms with van der Waals surface area (Å²) < 4.78 is 7.30. The number of hydrogen-bond acceptors (Lipinski definition) is 4. The van der Waals surface area contributed by atoms with Gasteiger partial charge in [0, 0.05) is 25.5 Å². The maximum atomic E-state index is 12.1. The Morgan fingerprint density at radius 1 is 1.67 bits per heavy atom. The number of nitrogens with zero attached hydrogens (tertiary/aromatic N) is 2. The van der Waals surface area contributed by atoms with Crippen molar-refractivity contribution in [1.82, 2.24) is 9.55 Å². The molecule has 2 heterocycles. The maximum absolute atomic E-state index is 12.1. The number of aromatic nitrogens is 2. The Hall–Kier alpha value is -1.36. The summed E-state index contributed by atoms with van der Waals surface area (Å²) >= 11 is 0. The predicted molar refractivity (Wildman–Crippen MR) is 70.8 cm³/mol. The van der Waals surface area contributed by atoms with E-state index >= 15 is 0 Å². The molecule has 2 atom stereocenters. The second-order valence-corrected chi connectivity index (χ2v) is 4.76. The quantitative estimate of drug-likeness (QED) is 0.864. The number of aryl methyl sites for hydroxylation is 1. The molecule has 0 amide bonds. The molecule has 1 aromatic heterocycles. The van der Waals surface area contributed by atoms with Crippen molar-refractivity contribution in [1.29, 1.82) is 0 Å². The van der Waals surface area contributed by atoms with Crippen LogP contribution in [-0.4, -0.2) is 28.3 Å². The molecule has 18 heavy (non-hydrogen) atoms. The zero-order chi connectivity index (χ0) is 13.0. The summed E-state index contributed by atoms with van der Waals surface area (Å²) in [5.74, 6) is 0.425. The number of nitrogens with one attached hydrogen (secondary N) is 1. The van der Waals surface area contributed by atoms with Gasteiger partial charge in [0.15, 0.2) is 5.82 Å². The van der Waals surface area contributed by atoms with E-state index in [1.165, 1.54) is 0 Å². The molecular weight excluding hydrogens is 230 g/mol. The standard InChI is InChI=1S/C13H21N3O2/c1-3-7-16-8-6-14-12(13(16)17)15-10(2)11-5-4-9-18-11/h6,8,10-11H,3-5,7,9H2,1-2H3,(H,14,15). The summed E-state index contributed by atoms with van der Waals surface area (Å²) in [5, 5.41) is 3.18. The van der Waals surface area contributed by atoms with Crippen molar-refractivity contribution in [2.45, 2.75) is 51.8 Å². The van der Waals surface area contributed by atoms with Crippen LogP contribution in [0.4, 0.5) is 5.82 Å². The molecule has 5 nitrogen and oxygen atoms in total. The molecule has 1 aliphatic rings. The number of hydrogen-bond donors (Lipinski definition) is 1. The first kappa shape index (κ1) is 13.1. The van der Waals surface area contributed by atoms with Gasteiger partial charge in [-0.05, 0) is 26.2 Å². The first-order chi connectivity index (χ1) is 8.72. The molecule has 2 unspecified atom stereocenters. The van der Waals surface area contributed by atoms with Gasteiger partial charge < -0.3 is 14.6 Å². The normalized spacial score (nSPS) is 20.9. The summed E-state index contributed by atoms with van der Waals surface area (Å²) in [5.41, 5.74) is -0.0517. The monoisotopic (exact) mass is 251 g/mol. The molecule has 0 aliphatic carbocycles. The minimum absolute atomic E-state index is 0.0517. The Bertz CT molecular complexity index is 438. The first-order valence-electron chi connectivity index (χ1n) is 6.66. The van der Waals surface area contributed by atoms with E-state index in [1.54, 1.807) is 17.0 Å². The molecular formula is C13H21N3O2. The van der Waals surface area contributed by atoms with Crippen molar-refractivity contribution in [3.8, 4) is 0 Å². The lowest BCUT2D eigenvalue weighted by Crippen LogP contribution is -2.34. The molecule has 0 radical (unpaired) electrons. The summed E-state index contributed by atoms with van der Waals surface area (Å²) in [6, 6.07) is 0.116. The molecule has 1 N–H and O–H groups in total. The van der Waals surface area contributed by atoms with Gasteiger partial charge in [0.1, 0.15) is 0 Å². The molecule has 1 aliphatic heterocycles. The van der Waals surface area contributed by atoms with Crippen molar-refractivity contribution in [2.24, 2.45) is 0 Å². The SMILES string of the molecule is CCCn1ccnc(NC(C)C2CCCO2)c1=O. The smallest absolute Gasteiger partial charge is 0.293 e. The van der Waals surface area contributed by atoms with Gasteiger partial charge in [0.05, 0.1) is 12.1 Å². The van der Waals surface area contributed by atoms with Gasteiger partial charge in [-0.2, -0.15) is 0 Å². The Labute approximate surface area is 107 Å². The zero-order valence-corrected chi connectivity index (χ0v) is 11.1. The minimum Gasteiger partial charge on any atom is -0.376 e. The van der Waals surface area contributed by atoms with Crippen LogP contribution in [0.5, 0.6) is 0 Å². The Balaban J connectivity index is 2.08. The van der Waals surface area contributed by atoms with Gasteiger partial charge in [-0.25, -0.2) is 4.98 Å². The highest BCUT2D eigenvalue weighted by Crippen LogP contribution is 2.17. The topological polar surface area (TPSA) is 56.1 Å². The van der Waals surface area contributed by atoms with E-state index in [1.807, 2.05) is 6.92 Å². The molecule has 1 fully saturated rings. The van der Waals surface area contributed by atoms with E-state index < -0.39 is 0 Å². The van der Waals surface area contributed by atoms with Crippen LogP contribution in [0.3, 0.4) is 0 Å². The highest BCUT2D eigenvalue weighted by Gasteiger charge is 2.23. The third-order valence-electron chi connectivity index (χ3n) is 3.27. The fraction of sp³-hybridized carbons (Fsp3) is 0.692. The number of anilines is 1. The fourth-order valence-electron chi connectivity index (χ4n) is 2.27. The summed E-state index contributed by atoms with van der Waals surface area (Å²) in [6.07, 6.45) is 6.66. The molecule has 0 spiro atoms. The molecule has 100 valence electrons. The molecule has 0 bridgehead atoms. The van der Waals surface area contributed by atoms with Crippen molar-refractivity contribution in [3.05, 3.63) is 22.7 Å². The zero-order valence-electron chi connectivity index (χ0n) is 11.1. The van der Waals surface area contributed by atoms with Gasteiger partial charge in [0.2, 0.25) is 0 Å². The maximum Gasteiger partial charge on any atom is 0.293 e. The minimum atomic E-state index is -0.0517. The first-order valence-corrected chi connectivity index (χ1v) is 6.66. The number of ether oxygens (including phenoxy) is 1. The van der Waals surface area contributed by atoms with Crippen molar-refractivity contribution in [3.63, 3.8) is 0 Å². The Morgan fingerprint density at radius 3 is 3.17 bits per heavy atom. The van der Waals surface area contributed by atoms with Crippen LogP contribution in [-0.2, 0) is 11.3 Å². The summed E-state index contributed by atoms with van der Waals surface area (Å²) in [6.45, 7) is 5.63. The van der Waals surface area contributed by atoms with E-state index in [-0.39, 0.29) is 17.7 Å². The van der Waals surface area contributed by atoms with Crippen LogP contribution in [0, 0.1) is 0 Å². The lowest BCUT2D eigenvalue weighted by molar-refractivity contribution is 0.0995. The lowest BCUT2D eigenvalue weighted by atomic mass is 10.1. The molecule has 1 aromatic rings. The highest BCUT2D eigenvalue weighted by atomic mass is 16.5. The largest absolute Gasteiger partial charge is 0.376 e. The second kappa shape index (κ2) is 6.00. The van der Waals surface area contributed by atoms with Gasteiger partial charge >= 0.3 is 0 Å². The van der Waals surface area contributed by atoms with Crippen molar-refractivity contribution >= 4 is 5.82 Å². The summed E-state index contributed by atoms with van der Waals surface area (Å²) in [7, 11) is 0. The average molecular weight is 251 g/mol. The molecule has 1 saturated heterocycles. The highest BCUT2D eigenvalue weighted by molar-refractivity contribution is 5.32. The predicted octanol–water partition coefficient (Wildman–Crippen LogP) is 1.63. The van der Waals surface area contributed by atoms with E-state index in [0.717, 1.165) is 32.4 Å². The van der Waals surface area contributed by atoms with E-state index in [0.29, 0.717) is 5.82 Å². The lowest BCUT2D eigenvalue weighted by Gasteiger charge is -2.20. The molecule has 2 rings (SSSR count). The van der Waals surface area contributed by atoms with Crippen LogP contribution in [0.1, 0.15) is 33.1 Å². The van der Waals surface area contributed by atoms with Crippen molar-refractivity contribution in [2.75, 3.05) is 11.9 Å². The third-order valence-corrected chi connectivity index (χ3v) is 3.27. The molecule has 0 saturated carbocycles. The van der Waals surface area contributed by atoms with Gasteiger partial charge in [-0.15, -0.1) is 0 Å². The molecule has 0 aromatic carbocycles. The average Bonchev–Trinajstić information content (AvgIpc) is 2.88. The van der Waals surface area contributed by atoms with Crippen molar-refractivity contribution < 1.29 is 4.74 Å². The van der Waals surface area contributed by atoms with Gasteiger partial charge in [-0.1, -0.05) is 6.92 Å². The fourth-order valence-corrected chi connectivity index (χ4v) is 2.27. The van der Waals surface area contributed by atoms with E-state index in [2.05, 4.69) is 17.2 Å². The van der Waals surface area contributed by atoms with Crippen LogP contribution >= 0.6 is 0 Å². The van der Waals surface area contributed by atoms with E-state index in [4.69, 9.17) is 4.74 Å². The van der Waals surface area contributed by atoms with Crippen LogP contribution in [0.15, 0.2) is 17.2 Å². The van der Waals surface area contributed by atoms with Gasteiger partial charge in [0.25, 0.3) is 5.56 Å². The molecule has 5 heteroatoms. The van der Waals surface area contributed by atoms with Gasteiger partial charge in [-0.3, -0.25) is 4.79 Å². The number of rotatable bonds is 5. The second-order valence-electron chi connectivity index (χ2n) is 4.76. The van der Waals surface area contributed by atoms with E-state index in [9.17, 15) is 4.79 Å².